The van der Waals surface area contributed by atoms with Gasteiger partial charge in [0.05, 0.1) is 19.2 Å². The molecule has 150 valence electrons. The largest absolute Gasteiger partial charge is 0.497 e. The van der Waals surface area contributed by atoms with E-state index in [1.54, 1.807) is 74.1 Å². The normalized spacial score (nSPS) is 13.7. The van der Waals surface area contributed by atoms with Crippen molar-refractivity contribution >= 4 is 34.7 Å². The summed E-state index contributed by atoms with van der Waals surface area (Å²) in [5, 5.41) is 3.66. The van der Waals surface area contributed by atoms with Gasteiger partial charge in [-0.25, -0.2) is 0 Å². The Balaban J connectivity index is 1.72. The number of nitrogens with zero attached hydrogens (tertiary/aromatic N) is 2. The summed E-state index contributed by atoms with van der Waals surface area (Å²) in [5.74, 6) is -0.0775. The maximum Gasteiger partial charge on any atom is 0.278 e. The molecule has 0 aliphatic carbocycles. The molecule has 1 aliphatic heterocycles. The second-order valence-electron chi connectivity index (χ2n) is 6.67. The van der Waals surface area contributed by atoms with Crippen molar-refractivity contribution in [3.05, 3.63) is 94.9 Å². The Morgan fingerprint density at radius 3 is 2.37 bits per heavy atom. The number of pyridine rings is 1. The highest BCUT2D eigenvalue weighted by atomic mass is 35.5. The van der Waals surface area contributed by atoms with E-state index in [0.717, 1.165) is 5.56 Å². The van der Waals surface area contributed by atoms with Crippen LogP contribution in [0.3, 0.4) is 0 Å². The summed E-state index contributed by atoms with van der Waals surface area (Å²) in [6.45, 7) is 0.135. The standard InChI is InChI=1S/C23H18ClN3O3/c1-30-19-10-8-18(9-11-19)26-21-20(16-4-6-17(24)7-5-16)22(28)27(23(21)29)14-15-3-2-12-25-13-15/h2-13,26H,14H2,1H3. The fourth-order valence-corrected chi connectivity index (χ4v) is 3.34. The Kier molecular flexibility index (Phi) is 5.50. The third kappa shape index (κ3) is 3.90. The van der Waals surface area contributed by atoms with Crippen molar-refractivity contribution in [2.24, 2.45) is 0 Å². The molecule has 0 fully saturated rings. The van der Waals surface area contributed by atoms with Crippen LogP contribution in [0.2, 0.25) is 5.02 Å². The number of hydrogen-bond donors (Lipinski definition) is 1. The number of anilines is 1. The number of amides is 2. The molecular weight excluding hydrogens is 402 g/mol. The van der Waals surface area contributed by atoms with Crippen LogP contribution in [-0.4, -0.2) is 28.8 Å². The zero-order chi connectivity index (χ0) is 21.1. The minimum absolute atomic E-state index is 0.135. The second kappa shape index (κ2) is 8.39. The minimum atomic E-state index is -0.398. The van der Waals surface area contributed by atoms with Gasteiger partial charge in [0.1, 0.15) is 11.4 Å². The molecule has 30 heavy (non-hydrogen) atoms. The molecule has 3 aromatic rings. The number of methoxy groups -OCH3 is 1. The van der Waals surface area contributed by atoms with Gasteiger partial charge >= 0.3 is 0 Å². The number of benzene rings is 2. The molecule has 0 spiro atoms. The molecule has 0 bridgehead atoms. The molecule has 7 heteroatoms. The SMILES string of the molecule is COc1ccc(NC2=C(c3ccc(Cl)cc3)C(=O)N(Cc3cccnc3)C2=O)cc1. The molecule has 2 aromatic carbocycles. The highest BCUT2D eigenvalue weighted by Gasteiger charge is 2.39. The maximum absolute atomic E-state index is 13.2. The Bertz CT molecular complexity index is 1110. The Labute approximate surface area is 178 Å². The van der Waals surface area contributed by atoms with E-state index in [1.165, 1.54) is 4.90 Å². The van der Waals surface area contributed by atoms with E-state index in [-0.39, 0.29) is 18.1 Å². The number of aromatic nitrogens is 1. The monoisotopic (exact) mass is 419 g/mol. The lowest BCUT2D eigenvalue weighted by atomic mass is 10.0. The smallest absolute Gasteiger partial charge is 0.278 e. The molecule has 0 saturated carbocycles. The first-order valence-electron chi connectivity index (χ1n) is 9.23. The molecule has 0 atom stereocenters. The molecular formula is C23H18ClN3O3. The van der Waals surface area contributed by atoms with Crippen molar-refractivity contribution in [3.63, 3.8) is 0 Å². The summed E-state index contributed by atoms with van der Waals surface area (Å²) >= 11 is 6.00. The van der Waals surface area contributed by atoms with Crippen molar-refractivity contribution in [1.29, 1.82) is 0 Å². The van der Waals surface area contributed by atoms with Gasteiger partial charge in [-0.2, -0.15) is 0 Å². The number of nitrogens with one attached hydrogen (secondary N) is 1. The van der Waals surface area contributed by atoms with E-state index in [1.807, 2.05) is 6.07 Å². The number of halogens is 1. The van der Waals surface area contributed by atoms with E-state index in [2.05, 4.69) is 10.3 Å². The van der Waals surface area contributed by atoms with Gasteiger partial charge in [-0.15, -0.1) is 0 Å². The molecule has 0 unspecified atom stereocenters. The predicted molar refractivity (Wildman–Crippen MR) is 115 cm³/mol. The van der Waals surface area contributed by atoms with Crippen molar-refractivity contribution in [3.8, 4) is 5.75 Å². The van der Waals surface area contributed by atoms with Gasteiger partial charge in [0.2, 0.25) is 0 Å². The Hall–Kier alpha value is -3.64. The lowest BCUT2D eigenvalue weighted by molar-refractivity contribution is -0.137. The summed E-state index contributed by atoms with van der Waals surface area (Å²) in [5.41, 5.74) is 2.57. The lowest BCUT2D eigenvalue weighted by Crippen LogP contribution is -2.32. The first-order chi connectivity index (χ1) is 14.6. The number of imide groups is 1. The van der Waals surface area contributed by atoms with Crippen LogP contribution in [0, 0.1) is 0 Å². The fourth-order valence-electron chi connectivity index (χ4n) is 3.21. The van der Waals surface area contributed by atoms with Crippen molar-refractivity contribution in [2.45, 2.75) is 6.54 Å². The molecule has 0 radical (unpaired) electrons. The number of carbonyl (C=O) groups is 2. The van der Waals surface area contributed by atoms with Crippen LogP contribution in [0.4, 0.5) is 5.69 Å². The first kappa shape index (κ1) is 19.7. The predicted octanol–water partition coefficient (Wildman–Crippen LogP) is 4.14. The van der Waals surface area contributed by atoms with Gasteiger partial charge < -0.3 is 10.1 Å². The van der Waals surface area contributed by atoms with Gasteiger partial charge in [-0.3, -0.25) is 19.5 Å². The number of hydrogen-bond acceptors (Lipinski definition) is 5. The third-order valence-corrected chi connectivity index (χ3v) is 4.98. The summed E-state index contributed by atoms with van der Waals surface area (Å²) in [6.07, 6.45) is 3.28. The quantitative estimate of drug-likeness (QED) is 0.608. The number of rotatable bonds is 6. The zero-order valence-corrected chi connectivity index (χ0v) is 16.9. The summed E-state index contributed by atoms with van der Waals surface area (Å²) in [4.78, 5) is 31.7. The van der Waals surface area contributed by atoms with Crippen molar-refractivity contribution in [1.82, 2.24) is 9.88 Å². The average Bonchev–Trinajstić information content (AvgIpc) is 3.00. The summed E-state index contributed by atoms with van der Waals surface area (Å²) < 4.78 is 5.17. The third-order valence-electron chi connectivity index (χ3n) is 4.72. The van der Waals surface area contributed by atoms with Crippen molar-refractivity contribution < 1.29 is 14.3 Å². The van der Waals surface area contributed by atoms with E-state index in [9.17, 15) is 9.59 Å². The molecule has 6 nitrogen and oxygen atoms in total. The first-order valence-corrected chi connectivity index (χ1v) is 9.61. The molecule has 1 aliphatic rings. The molecule has 4 rings (SSSR count). The van der Waals surface area contributed by atoms with Crippen LogP contribution >= 0.6 is 11.6 Å². The topological polar surface area (TPSA) is 71.5 Å². The Morgan fingerprint density at radius 1 is 1.00 bits per heavy atom. The molecule has 1 aromatic heterocycles. The summed E-state index contributed by atoms with van der Waals surface area (Å²) in [7, 11) is 1.58. The van der Waals surface area contributed by atoms with Crippen molar-refractivity contribution in [2.75, 3.05) is 12.4 Å². The lowest BCUT2D eigenvalue weighted by Gasteiger charge is -2.15. The molecule has 0 saturated heterocycles. The van der Waals surface area contributed by atoms with E-state index in [0.29, 0.717) is 27.6 Å². The molecule has 1 N–H and O–H groups in total. The zero-order valence-electron chi connectivity index (χ0n) is 16.1. The molecule has 2 heterocycles. The van der Waals surface area contributed by atoms with Crippen LogP contribution < -0.4 is 10.1 Å². The van der Waals surface area contributed by atoms with Gasteiger partial charge in [0.15, 0.2) is 0 Å². The van der Waals surface area contributed by atoms with E-state index in [4.69, 9.17) is 16.3 Å². The van der Waals surface area contributed by atoms with Crippen LogP contribution in [0.1, 0.15) is 11.1 Å². The van der Waals surface area contributed by atoms with E-state index < -0.39 is 5.91 Å². The van der Waals surface area contributed by atoms with E-state index >= 15 is 0 Å². The van der Waals surface area contributed by atoms with Crippen LogP contribution in [0.15, 0.2) is 78.8 Å². The van der Waals surface area contributed by atoms with Crippen LogP contribution in [-0.2, 0) is 16.1 Å². The highest BCUT2D eigenvalue weighted by molar-refractivity contribution is 6.36. The Morgan fingerprint density at radius 2 is 1.73 bits per heavy atom. The highest BCUT2D eigenvalue weighted by Crippen LogP contribution is 2.32. The second-order valence-corrected chi connectivity index (χ2v) is 7.10. The van der Waals surface area contributed by atoms with Gasteiger partial charge in [-0.05, 0) is 53.6 Å². The minimum Gasteiger partial charge on any atom is -0.497 e. The van der Waals surface area contributed by atoms with Crippen LogP contribution in [0.25, 0.3) is 5.57 Å². The average molecular weight is 420 g/mol. The fraction of sp³-hybridized carbons (Fsp3) is 0.0870. The van der Waals surface area contributed by atoms with Gasteiger partial charge in [0.25, 0.3) is 11.8 Å². The van der Waals surface area contributed by atoms with Gasteiger partial charge in [0, 0.05) is 23.1 Å². The maximum atomic E-state index is 13.2. The van der Waals surface area contributed by atoms with Gasteiger partial charge in [-0.1, -0.05) is 29.8 Å². The number of carbonyl (C=O) groups excluding carboxylic acids is 2. The number of ether oxygens (including phenoxy) is 1. The molecule has 2 amide bonds. The van der Waals surface area contributed by atoms with Crippen LogP contribution in [0.5, 0.6) is 5.75 Å². The summed E-state index contributed by atoms with van der Waals surface area (Å²) in [6, 6.07) is 17.6.